The SMILES string of the molecule is CCCC[C@H]1CN(C(=O)c2cccc3ccccc23)CCN1C(Cc1ccc(C(F)(F)F)cc1)c1cnc[nH]1. The Bertz CT molecular complexity index is 1380. The molecular formula is C31H33F3N4O. The molecule has 39 heavy (non-hydrogen) atoms. The Kier molecular flexibility index (Phi) is 8.02. The quantitative estimate of drug-likeness (QED) is 0.268. The molecule has 0 saturated carbocycles. The Morgan fingerprint density at radius 3 is 2.54 bits per heavy atom. The first-order valence-electron chi connectivity index (χ1n) is 13.5. The first-order chi connectivity index (χ1) is 18.8. The van der Waals surface area contributed by atoms with E-state index in [1.54, 1.807) is 24.7 Å². The zero-order chi connectivity index (χ0) is 27.4. The summed E-state index contributed by atoms with van der Waals surface area (Å²) in [6.07, 6.45) is 2.59. The number of benzene rings is 3. The predicted molar refractivity (Wildman–Crippen MR) is 146 cm³/mol. The number of hydrogen-bond donors (Lipinski definition) is 1. The van der Waals surface area contributed by atoms with E-state index in [0.29, 0.717) is 31.6 Å². The molecule has 1 amide bonds. The molecule has 0 bridgehead atoms. The highest BCUT2D eigenvalue weighted by Gasteiger charge is 2.36. The number of aromatic amines is 1. The number of halogens is 3. The molecule has 0 spiro atoms. The zero-order valence-corrected chi connectivity index (χ0v) is 22.0. The molecule has 1 N–H and O–H groups in total. The lowest BCUT2D eigenvalue weighted by molar-refractivity contribution is -0.137. The van der Waals surface area contributed by atoms with Crippen LogP contribution >= 0.6 is 0 Å². The Balaban J connectivity index is 1.40. The van der Waals surface area contributed by atoms with Gasteiger partial charge in [-0.05, 0) is 47.4 Å². The van der Waals surface area contributed by atoms with Crippen LogP contribution in [0.1, 0.15) is 59.4 Å². The number of aromatic nitrogens is 2. The molecule has 3 aromatic carbocycles. The number of nitrogens with zero attached hydrogens (tertiary/aromatic N) is 3. The number of alkyl halides is 3. The fourth-order valence-corrected chi connectivity index (χ4v) is 5.65. The molecule has 1 aliphatic heterocycles. The van der Waals surface area contributed by atoms with Gasteiger partial charge in [-0.15, -0.1) is 0 Å². The summed E-state index contributed by atoms with van der Waals surface area (Å²) in [5.74, 6) is 0.0359. The van der Waals surface area contributed by atoms with E-state index >= 15 is 0 Å². The summed E-state index contributed by atoms with van der Waals surface area (Å²) in [5.41, 5.74) is 1.81. The zero-order valence-electron chi connectivity index (χ0n) is 22.0. The van der Waals surface area contributed by atoms with Gasteiger partial charge in [0.05, 0.1) is 23.6 Å². The van der Waals surface area contributed by atoms with Gasteiger partial charge in [-0.2, -0.15) is 13.2 Å². The minimum absolute atomic E-state index is 0.0359. The Labute approximate surface area is 226 Å². The van der Waals surface area contributed by atoms with Crippen molar-refractivity contribution in [3.8, 4) is 0 Å². The Morgan fingerprint density at radius 1 is 1.05 bits per heavy atom. The first-order valence-corrected chi connectivity index (χ1v) is 13.5. The molecule has 1 saturated heterocycles. The van der Waals surface area contributed by atoms with Crippen LogP contribution in [0, 0.1) is 0 Å². The molecular weight excluding hydrogens is 501 g/mol. The predicted octanol–water partition coefficient (Wildman–Crippen LogP) is 6.88. The van der Waals surface area contributed by atoms with Crippen LogP contribution in [0.2, 0.25) is 0 Å². The van der Waals surface area contributed by atoms with Gasteiger partial charge in [0.25, 0.3) is 5.91 Å². The Hall–Kier alpha value is -3.65. The minimum Gasteiger partial charge on any atom is -0.347 e. The van der Waals surface area contributed by atoms with Crippen LogP contribution < -0.4 is 0 Å². The summed E-state index contributed by atoms with van der Waals surface area (Å²) >= 11 is 0. The summed E-state index contributed by atoms with van der Waals surface area (Å²) in [6, 6.07) is 19.2. The maximum absolute atomic E-state index is 13.7. The number of carbonyl (C=O) groups excluding carboxylic acids is 1. The maximum Gasteiger partial charge on any atom is 0.416 e. The largest absolute Gasteiger partial charge is 0.416 e. The summed E-state index contributed by atoms with van der Waals surface area (Å²) in [7, 11) is 0. The van der Waals surface area contributed by atoms with Gasteiger partial charge in [-0.3, -0.25) is 9.69 Å². The molecule has 1 aromatic heterocycles. The third-order valence-corrected chi connectivity index (χ3v) is 7.72. The van der Waals surface area contributed by atoms with Crippen LogP contribution in [0.3, 0.4) is 0 Å². The first kappa shape index (κ1) is 26.9. The normalized spacial score (nSPS) is 17.4. The van der Waals surface area contributed by atoms with Crippen LogP contribution in [0.25, 0.3) is 10.8 Å². The van der Waals surface area contributed by atoms with Gasteiger partial charge in [-0.1, -0.05) is 68.3 Å². The highest BCUT2D eigenvalue weighted by Crippen LogP contribution is 2.33. The van der Waals surface area contributed by atoms with E-state index in [-0.39, 0.29) is 18.0 Å². The molecule has 1 fully saturated rings. The lowest BCUT2D eigenvalue weighted by atomic mass is 9.95. The monoisotopic (exact) mass is 534 g/mol. The van der Waals surface area contributed by atoms with Crippen LogP contribution in [0.15, 0.2) is 79.3 Å². The Morgan fingerprint density at radius 2 is 1.82 bits per heavy atom. The van der Waals surface area contributed by atoms with E-state index in [2.05, 4.69) is 21.8 Å². The molecule has 4 aromatic rings. The van der Waals surface area contributed by atoms with Crippen LogP contribution in [0.5, 0.6) is 0 Å². The highest BCUT2D eigenvalue weighted by atomic mass is 19.4. The highest BCUT2D eigenvalue weighted by molar-refractivity contribution is 6.07. The van der Waals surface area contributed by atoms with Crippen molar-refractivity contribution in [1.82, 2.24) is 19.8 Å². The van der Waals surface area contributed by atoms with Crippen molar-refractivity contribution in [3.63, 3.8) is 0 Å². The van der Waals surface area contributed by atoms with E-state index in [0.717, 1.165) is 53.4 Å². The van der Waals surface area contributed by atoms with Crippen LogP contribution in [-0.2, 0) is 12.6 Å². The fraction of sp³-hybridized carbons (Fsp3) is 0.355. The van der Waals surface area contributed by atoms with Crippen LogP contribution in [0.4, 0.5) is 13.2 Å². The van der Waals surface area contributed by atoms with Gasteiger partial charge in [-0.25, -0.2) is 4.98 Å². The number of H-pyrrole nitrogens is 1. The number of nitrogens with one attached hydrogen (secondary N) is 1. The third-order valence-electron chi connectivity index (χ3n) is 7.72. The molecule has 0 radical (unpaired) electrons. The number of unbranched alkanes of at least 4 members (excludes halogenated alkanes) is 1. The molecule has 1 unspecified atom stereocenters. The average Bonchev–Trinajstić information content (AvgIpc) is 3.49. The van der Waals surface area contributed by atoms with Crippen molar-refractivity contribution in [2.24, 2.45) is 0 Å². The molecule has 0 aliphatic carbocycles. The fourth-order valence-electron chi connectivity index (χ4n) is 5.65. The van der Waals surface area contributed by atoms with Gasteiger partial charge in [0, 0.05) is 37.4 Å². The summed E-state index contributed by atoms with van der Waals surface area (Å²) in [6.45, 7) is 3.98. The van der Waals surface area contributed by atoms with E-state index in [1.807, 2.05) is 47.4 Å². The summed E-state index contributed by atoms with van der Waals surface area (Å²) < 4.78 is 39.4. The lowest BCUT2D eigenvalue weighted by Crippen LogP contribution is -2.56. The molecule has 5 rings (SSSR count). The molecule has 2 heterocycles. The second kappa shape index (κ2) is 11.6. The van der Waals surface area contributed by atoms with Crippen molar-refractivity contribution in [1.29, 1.82) is 0 Å². The topological polar surface area (TPSA) is 52.2 Å². The van der Waals surface area contributed by atoms with E-state index in [1.165, 1.54) is 0 Å². The third kappa shape index (κ3) is 6.01. The van der Waals surface area contributed by atoms with E-state index < -0.39 is 11.7 Å². The van der Waals surface area contributed by atoms with Crippen molar-refractivity contribution in [2.75, 3.05) is 19.6 Å². The number of piperazine rings is 1. The number of amides is 1. The van der Waals surface area contributed by atoms with Gasteiger partial charge in [0.1, 0.15) is 0 Å². The van der Waals surface area contributed by atoms with Crippen molar-refractivity contribution in [3.05, 3.63) is 102 Å². The number of carbonyl (C=O) groups is 1. The molecule has 5 nitrogen and oxygen atoms in total. The number of hydrogen-bond acceptors (Lipinski definition) is 3. The second-order valence-corrected chi connectivity index (χ2v) is 10.2. The second-order valence-electron chi connectivity index (χ2n) is 10.2. The molecule has 204 valence electrons. The van der Waals surface area contributed by atoms with Gasteiger partial charge < -0.3 is 9.88 Å². The summed E-state index contributed by atoms with van der Waals surface area (Å²) in [4.78, 5) is 25.6. The number of imidazole rings is 1. The maximum atomic E-state index is 13.7. The van der Waals surface area contributed by atoms with E-state index in [4.69, 9.17) is 0 Å². The van der Waals surface area contributed by atoms with E-state index in [9.17, 15) is 18.0 Å². The summed E-state index contributed by atoms with van der Waals surface area (Å²) in [5, 5.41) is 2.00. The van der Waals surface area contributed by atoms with Crippen molar-refractivity contribution < 1.29 is 18.0 Å². The van der Waals surface area contributed by atoms with Crippen molar-refractivity contribution in [2.45, 2.75) is 50.9 Å². The average molecular weight is 535 g/mol. The van der Waals surface area contributed by atoms with Gasteiger partial charge in [0.2, 0.25) is 0 Å². The smallest absolute Gasteiger partial charge is 0.347 e. The van der Waals surface area contributed by atoms with Gasteiger partial charge >= 0.3 is 6.18 Å². The molecule has 2 atom stereocenters. The lowest BCUT2D eigenvalue weighted by Gasteiger charge is -2.45. The molecule has 8 heteroatoms. The van der Waals surface area contributed by atoms with Crippen LogP contribution in [-0.4, -0.2) is 51.4 Å². The number of rotatable bonds is 8. The standard InChI is InChI=1S/C31H33F3N4O/c1-2-3-9-25-20-37(30(39)27-11-6-8-23-7-4-5-10-26(23)27)16-17-38(25)29(28-19-35-21-36-28)18-22-12-14-24(15-13-22)31(32,33)34/h4-8,10-15,19,21,25,29H,2-3,9,16-18,20H2,1H3,(H,35,36)/t25-,29?/m0/s1. The van der Waals surface area contributed by atoms with Gasteiger partial charge in [0.15, 0.2) is 0 Å². The molecule has 1 aliphatic rings. The van der Waals surface area contributed by atoms with Crippen molar-refractivity contribution >= 4 is 16.7 Å². The minimum atomic E-state index is -4.36. The number of fused-ring (bicyclic) bond motifs is 1.